The summed E-state index contributed by atoms with van der Waals surface area (Å²) in [6, 6.07) is 2.69. The first-order chi connectivity index (χ1) is 24.2. The van der Waals surface area contributed by atoms with Crippen LogP contribution in [0.2, 0.25) is 0 Å². The topological polar surface area (TPSA) is 192 Å². The first kappa shape index (κ1) is 38.8. The molecule has 0 aromatic heterocycles. The van der Waals surface area contributed by atoms with Crippen molar-refractivity contribution in [1.82, 2.24) is 0 Å². The standard InChI is InChI=1S/C39H40O13/c1-16-12-26(24(9)33(41)30(16)36(44)51-27-15-28(48-10)32(35(42)43)19(4)18(27)3)50-37(45)31-20(5)22(7)34(23(8)21(31)6)52-38(46)39(47)17(2)13-25(40)14-29(39)49-11/h12-15,41,47H,1-11H3,(H,42,43)/t39-/m1/s1. The molecule has 13 heteroatoms. The molecule has 0 aliphatic heterocycles. The highest BCUT2D eigenvalue weighted by Crippen LogP contribution is 2.40. The molecule has 1 aliphatic carbocycles. The molecule has 3 aromatic carbocycles. The van der Waals surface area contributed by atoms with Crippen molar-refractivity contribution in [3.63, 3.8) is 0 Å². The van der Waals surface area contributed by atoms with Crippen molar-refractivity contribution in [3.05, 3.63) is 96.8 Å². The number of esters is 3. The van der Waals surface area contributed by atoms with E-state index in [1.54, 1.807) is 41.5 Å². The number of carboxylic acids is 1. The Bertz CT molecular complexity index is 2120. The van der Waals surface area contributed by atoms with Gasteiger partial charge in [0.15, 0.2) is 5.78 Å². The quantitative estimate of drug-likeness (QED) is 0.181. The SMILES string of the molecule is COC1=CC(=O)C=C(C)[C@]1(O)C(=O)Oc1c(C)c(C)c(C(=O)Oc2cc(C)c(C(=O)Oc3cc(OC)c(C(=O)O)c(C)c3C)c(O)c2C)c(C)c1C. The summed E-state index contributed by atoms with van der Waals surface area (Å²) in [7, 11) is 2.51. The lowest BCUT2D eigenvalue weighted by Crippen LogP contribution is -2.47. The second-order valence-electron chi connectivity index (χ2n) is 12.6. The summed E-state index contributed by atoms with van der Waals surface area (Å²) < 4.78 is 27.4. The van der Waals surface area contributed by atoms with E-state index in [-0.39, 0.29) is 62.1 Å². The summed E-state index contributed by atoms with van der Waals surface area (Å²) in [6.07, 6.45) is 2.11. The first-order valence-electron chi connectivity index (χ1n) is 16.0. The molecule has 3 aromatic rings. The van der Waals surface area contributed by atoms with Crippen molar-refractivity contribution in [3.8, 4) is 28.7 Å². The fourth-order valence-electron chi connectivity index (χ4n) is 6.08. The van der Waals surface area contributed by atoms with Gasteiger partial charge in [0.2, 0.25) is 5.60 Å². The summed E-state index contributed by atoms with van der Waals surface area (Å²) >= 11 is 0. The van der Waals surface area contributed by atoms with Crippen LogP contribution in [0.15, 0.2) is 35.6 Å². The number of hydrogen-bond acceptors (Lipinski definition) is 12. The number of phenols is 1. The lowest BCUT2D eigenvalue weighted by molar-refractivity contribution is -0.151. The van der Waals surface area contributed by atoms with Crippen molar-refractivity contribution < 1.29 is 63.0 Å². The Morgan fingerprint density at radius 3 is 1.65 bits per heavy atom. The Balaban J connectivity index is 1.65. The van der Waals surface area contributed by atoms with Crippen LogP contribution < -0.4 is 18.9 Å². The number of phenolic OH excluding ortho intramolecular Hbond substituents is 1. The summed E-state index contributed by atoms with van der Waals surface area (Å²) in [4.78, 5) is 64.3. The van der Waals surface area contributed by atoms with E-state index in [0.29, 0.717) is 33.4 Å². The van der Waals surface area contributed by atoms with Gasteiger partial charge in [-0.05, 0) is 119 Å². The van der Waals surface area contributed by atoms with Gasteiger partial charge in [-0.2, -0.15) is 0 Å². The summed E-state index contributed by atoms with van der Waals surface area (Å²) in [5, 5.41) is 32.1. The van der Waals surface area contributed by atoms with Crippen LogP contribution in [-0.4, -0.2) is 64.8 Å². The minimum atomic E-state index is -2.35. The number of rotatable bonds is 9. The number of aliphatic hydroxyl groups is 1. The average molecular weight is 717 g/mol. The summed E-state index contributed by atoms with van der Waals surface area (Å²) in [6.45, 7) is 14.0. The Labute approximate surface area is 300 Å². The number of benzene rings is 3. The van der Waals surface area contributed by atoms with Crippen LogP contribution in [0.1, 0.15) is 82.5 Å². The molecule has 0 saturated carbocycles. The Morgan fingerprint density at radius 2 is 1.13 bits per heavy atom. The zero-order valence-electron chi connectivity index (χ0n) is 30.7. The molecule has 274 valence electrons. The predicted octanol–water partition coefficient (Wildman–Crippen LogP) is 5.70. The van der Waals surface area contributed by atoms with Crippen LogP contribution in [0.3, 0.4) is 0 Å². The molecule has 52 heavy (non-hydrogen) atoms. The van der Waals surface area contributed by atoms with Crippen molar-refractivity contribution in [1.29, 1.82) is 0 Å². The number of ether oxygens (including phenoxy) is 5. The number of carboxylic acid groups (broad SMARTS) is 1. The van der Waals surface area contributed by atoms with Gasteiger partial charge in [-0.3, -0.25) is 4.79 Å². The van der Waals surface area contributed by atoms with E-state index >= 15 is 0 Å². The highest BCUT2D eigenvalue weighted by Gasteiger charge is 2.48. The van der Waals surface area contributed by atoms with Crippen LogP contribution in [0.5, 0.6) is 28.7 Å². The van der Waals surface area contributed by atoms with Crippen LogP contribution >= 0.6 is 0 Å². The number of aromatic carboxylic acids is 1. The number of ketones is 1. The van der Waals surface area contributed by atoms with Crippen LogP contribution in [0.4, 0.5) is 0 Å². The number of aromatic hydroxyl groups is 1. The Hall–Kier alpha value is -5.95. The highest BCUT2D eigenvalue weighted by molar-refractivity contribution is 6.06. The monoisotopic (exact) mass is 716 g/mol. The number of hydrogen-bond donors (Lipinski definition) is 3. The lowest BCUT2D eigenvalue weighted by Gasteiger charge is -2.31. The van der Waals surface area contributed by atoms with Crippen LogP contribution in [-0.2, 0) is 14.3 Å². The van der Waals surface area contributed by atoms with E-state index < -0.39 is 41.0 Å². The molecule has 0 saturated heterocycles. The molecule has 0 fully saturated rings. The number of carbonyl (C=O) groups is 5. The molecule has 0 unspecified atom stereocenters. The largest absolute Gasteiger partial charge is 0.507 e. The molecule has 0 radical (unpaired) electrons. The fraction of sp³-hybridized carbons (Fsp3) is 0.308. The van der Waals surface area contributed by atoms with Gasteiger partial charge in [0.1, 0.15) is 45.6 Å². The van der Waals surface area contributed by atoms with Gasteiger partial charge in [0, 0.05) is 17.7 Å². The normalized spacial score (nSPS) is 15.3. The molecule has 0 amide bonds. The third-order valence-electron chi connectivity index (χ3n) is 9.59. The number of carbonyl (C=O) groups excluding carboxylic acids is 4. The van der Waals surface area contributed by atoms with Gasteiger partial charge in [-0.25, -0.2) is 19.2 Å². The van der Waals surface area contributed by atoms with E-state index in [9.17, 15) is 39.3 Å². The van der Waals surface area contributed by atoms with Gasteiger partial charge in [0.25, 0.3) is 0 Å². The number of allylic oxidation sites excluding steroid dienone is 2. The zero-order chi connectivity index (χ0) is 39.1. The highest BCUT2D eigenvalue weighted by atomic mass is 16.6. The summed E-state index contributed by atoms with van der Waals surface area (Å²) in [5.74, 6) is -5.20. The molecule has 0 heterocycles. The van der Waals surface area contributed by atoms with E-state index in [1.165, 1.54) is 47.1 Å². The average Bonchev–Trinajstić information content (AvgIpc) is 3.07. The Kier molecular flexibility index (Phi) is 10.7. The van der Waals surface area contributed by atoms with E-state index in [2.05, 4.69) is 0 Å². The Morgan fingerprint density at radius 1 is 0.615 bits per heavy atom. The van der Waals surface area contributed by atoms with E-state index in [0.717, 1.165) is 12.2 Å². The summed E-state index contributed by atoms with van der Waals surface area (Å²) in [5.41, 5.74) is 0.169. The van der Waals surface area contributed by atoms with Crippen molar-refractivity contribution >= 4 is 29.7 Å². The van der Waals surface area contributed by atoms with Gasteiger partial charge in [-0.15, -0.1) is 0 Å². The molecule has 1 atom stereocenters. The molecule has 0 bridgehead atoms. The fourth-order valence-corrected chi connectivity index (χ4v) is 6.08. The van der Waals surface area contributed by atoms with Gasteiger partial charge < -0.3 is 39.0 Å². The maximum absolute atomic E-state index is 13.7. The molecule has 0 spiro atoms. The van der Waals surface area contributed by atoms with Crippen LogP contribution in [0.25, 0.3) is 0 Å². The zero-order valence-corrected chi connectivity index (χ0v) is 30.7. The van der Waals surface area contributed by atoms with Gasteiger partial charge in [-0.1, -0.05) is 0 Å². The molecular weight excluding hydrogens is 676 g/mol. The minimum absolute atomic E-state index is 0.0103. The number of aryl methyl sites for hydroxylation is 1. The third-order valence-corrected chi connectivity index (χ3v) is 9.59. The van der Waals surface area contributed by atoms with Crippen LogP contribution in [0, 0.1) is 55.4 Å². The third kappa shape index (κ3) is 6.50. The maximum Gasteiger partial charge on any atom is 0.356 e. The molecule has 3 N–H and O–H groups in total. The second-order valence-corrected chi connectivity index (χ2v) is 12.6. The second kappa shape index (κ2) is 14.3. The lowest BCUT2D eigenvalue weighted by atomic mass is 9.87. The first-order valence-corrected chi connectivity index (χ1v) is 16.0. The predicted molar refractivity (Wildman–Crippen MR) is 187 cm³/mol. The number of methoxy groups -OCH3 is 2. The van der Waals surface area contributed by atoms with E-state index in [4.69, 9.17) is 23.7 Å². The van der Waals surface area contributed by atoms with Crippen molar-refractivity contribution in [2.45, 2.75) is 67.9 Å². The van der Waals surface area contributed by atoms with Crippen molar-refractivity contribution in [2.24, 2.45) is 0 Å². The molecule has 13 nitrogen and oxygen atoms in total. The molecule has 1 aliphatic rings. The van der Waals surface area contributed by atoms with Gasteiger partial charge in [0.05, 0.1) is 19.8 Å². The maximum atomic E-state index is 13.7. The molecule has 4 rings (SSSR count). The smallest absolute Gasteiger partial charge is 0.356 e. The molecular formula is C39H40O13. The van der Waals surface area contributed by atoms with Gasteiger partial charge >= 0.3 is 23.9 Å². The van der Waals surface area contributed by atoms with Crippen molar-refractivity contribution in [2.75, 3.05) is 14.2 Å². The van der Waals surface area contributed by atoms with E-state index in [1.807, 2.05) is 0 Å². The minimum Gasteiger partial charge on any atom is -0.507 e.